The van der Waals surface area contributed by atoms with Crippen LogP contribution in [0.2, 0.25) is 0 Å². The molecule has 3 heteroatoms. The van der Waals surface area contributed by atoms with E-state index in [0.717, 1.165) is 32.3 Å². The molecule has 3 nitrogen and oxygen atoms in total. The van der Waals surface area contributed by atoms with Crippen molar-refractivity contribution in [2.45, 2.75) is 82.3 Å². The van der Waals surface area contributed by atoms with Crippen LogP contribution in [0.25, 0.3) is 0 Å². The first-order chi connectivity index (χ1) is 8.68. The molecule has 0 aromatic heterocycles. The Labute approximate surface area is 110 Å². The van der Waals surface area contributed by atoms with E-state index < -0.39 is 0 Å². The molecule has 1 atom stereocenters. The van der Waals surface area contributed by atoms with Crippen molar-refractivity contribution >= 4 is 5.78 Å². The lowest BCUT2D eigenvalue weighted by atomic mass is 9.78. The first-order valence-electron chi connectivity index (χ1n) is 7.60. The summed E-state index contributed by atoms with van der Waals surface area (Å²) in [6.07, 6.45) is 11.8. The average Bonchev–Trinajstić information content (AvgIpc) is 2.82. The number of rotatable bonds is 6. The van der Waals surface area contributed by atoms with Gasteiger partial charge in [-0.25, -0.2) is 0 Å². The predicted molar refractivity (Wildman–Crippen MR) is 72.5 cm³/mol. The van der Waals surface area contributed by atoms with Crippen LogP contribution in [-0.4, -0.2) is 24.0 Å². The lowest BCUT2D eigenvalue weighted by Gasteiger charge is -2.32. The molecule has 104 valence electrons. The van der Waals surface area contributed by atoms with Crippen molar-refractivity contribution < 1.29 is 9.53 Å². The van der Waals surface area contributed by atoms with E-state index in [1.165, 1.54) is 32.1 Å². The molecule has 1 heterocycles. The standard InChI is InChI=1S/C15H27NO2/c16-15(9-2-1-3-10-15)12-13(17)6-4-7-14-8-5-11-18-14/h14H,1-12,16H2. The smallest absolute Gasteiger partial charge is 0.134 e. The molecule has 0 aromatic carbocycles. The third kappa shape index (κ3) is 4.36. The van der Waals surface area contributed by atoms with Crippen LogP contribution in [0.3, 0.4) is 0 Å². The van der Waals surface area contributed by atoms with Gasteiger partial charge in [-0.1, -0.05) is 19.3 Å². The second-order valence-corrected chi connectivity index (χ2v) is 6.17. The third-order valence-electron chi connectivity index (χ3n) is 4.40. The Morgan fingerprint density at radius 1 is 1.22 bits per heavy atom. The average molecular weight is 253 g/mol. The Bertz CT molecular complexity index is 266. The fraction of sp³-hybridized carbons (Fsp3) is 0.933. The molecular weight excluding hydrogens is 226 g/mol. The van der Waals surface area contributed by atoms with E-state index in [1.54, 1.807) is 0 Å². The Morgan fingerprint density at radius 2 is 2.00 bits per heavy atom. The van der Waals surface area contributed by atoms with Crippen LogP contribution >= 0.6 is 0 Å². The molecule has 0 aromatic rings. The van der Waals surface area contributed by atoms with Gasteiger partial charge in [0.2, 0.25) is 0 Å². The van der Waals surface area contributed by atoms with Crippen molar-refractivity contribution in [1.29, 1.82) is 0 Å². The molecule has 0 bridgehead atoms. The summed E-state index contributed by atoms with van der Waals surface area (Å²) >= 11 is 0. The lowest BCUT2D eigenvalue weighted by molar-refractivity contribution is -0.120. The normalized spacial score (nSPS) is 27.3. The van der Waals surface area contributed by atoms with Gasteiger partial charge in [0.05, 0.1) is 6.10 Å². The molecule has 1 aliphatic heterocycles. The van der Waals surface area contributed by atoms with E-state index in [9.17, 15) is 4.79 Å². The number of hydrogen-bond donors (Lipinski definition) is 1. The second-order valence-electron chi connectivity index (χ2n) is 6.17. The zero-order chi connectivity index (χ0) is 12.8. The Morgan fingerprint density at radius 3 is 2.67 bits per heavy atom. The molecule has 1 saturated heterocycles. The summed E-state index contributed by atoms with van der Waals surface area (Å²) in [6.45, 7) is 0.907. The first-order valence-corrected chi connectivity index (χ1v) is 7.60. The van der Waals surface area contributed by atoms with Crippen LogP contribution < -0.4 is 5.73 Å². The topological polar surface area (TPSA) is 52.3 Å². The van der Waals surface area contributed by atoms with Crippen LogP contribution in [0.15, 0.2) is 0 Å². The van der Waals surface area contributed by atoms with E-state index in [0.29, 0.717) is 24.7 Å². The number of ether oxygens (including phenoxy) is 1. The molecule has 2 fully saturated rings. The molecular formula is C15H27NO2. The minimum absolute atomic E-state index is 0.181. The van der Waals surface area contributed by atoms with Crippen LogP contribution in [-0.2, 0) is 9.53 Å². The maximum Gasteiger partial charge on any atom is 0.134 e. The largest absolute Gasteiger partial charge is 0.378 e. The van der Waals surface area contributed by atoms with Gasteiger partial charge in [-0.2, -0.15) is 0 Å². The van der Waals surface area contributed by atoms with Gasteiger partial charge in [-0.15, -0.1) is 0 Å². The molecule has 2 rings (SSSR count). The summed E-state index contributed by atoms with van der Waals surface area (Å²) in [6, 6.07) is 0. The molecule has 1 unspecified atom stereocenters. The van der Waals surface area contributed by atoms with Gasteiger partial charge >= 0.3 is 0 Å². The van der Waals surface area contributed by atoms with Gasteiger partial charge in [-0.3, -0.25) is 4.79 Å². The second kappa shape index (κ2) is 6.67. The highest BCUT2D eigenvalue weighted by atomic mass is 16.5. The quantitative estimate of drug-likeness (QED) is 0.791. The van der Waals surface area contributed by atoms with Gasteiger partial charge in [0.1, 0.15) is 5.78 Å². The minimum Gasteiger partial charge on any atom is -0.378 e. The summed E-state index contributed by atoms with van der Waals surface area (Å²) in [5, 5.41) is 0. The van der Waals surface area contributed by atoms with E-state index in [2.05, 4.69) is 0 Å². The molecule has 1 saturated carbocycles. The summed E-state index contributed by atoms with van der Waals surface area (Å²) in [7, 11) is 0. The monoisotopic (exact) mass is 253 g/mol. The highest BCUT2D eigenvalue weighted by molar-refractivity contribution is 5.79. The zero-order valence-corrected chi connectivity index (χ0v) is 11.5. The van der Waals surface area contributed by atoms with Crippen molar-refractivity contribution in [3.05, 3.63) is 0 Å². The maximum absolute atomic E-state index is 12.0. The van der Waals surface area contributed by atoms with Crippen molar-refractivity contribution in [2.24, 2.45) is 5.73 Å². The molecule has 2 N–H and O–H groups in total. The van der Waals surface area contributed by atoms with E-state index in [1.807, 2.05) is 0 Å². The third-order valence-corrected chi connectivity index (χ3v) is 4.40. The van der Waals surface area contributed by atoms with Gasteiger partial charge in [0.25, 0.3) is 0 Å². The van der Waals surface area contributed by atoms with Crippen LogP contribution in [0.1, 0.15) is 70.6 Å². The fourth-order valence-electron chi connectivity index (χ4n) is 3.31. The molecule has 0 radical (unpaired) electrons. The maximum atomic E-state index is 12.0. The van der Waals surface area contributed by atoms with E-state index in [4.69, 9.17) is 10.5 Å². The van der Waals surface area contributed by atoms with Crippen LogP contribution in [0.5, 0.6) is 0 Å². The van der Waals surface area contributed by atoms with Crippen molar-refractivity contribution in [3.63, 3.8) is 0 Å². The van der Waals surface area contributed by atoms with Crippen LogP contribution in [0.4, 0.5) is 0 Å². The Hall–Kier alpha value is -0.410. The van der Waals surface area contributed by atoms with Gasteiger partial charge in [-0.05, 0) is 38.5 Å². The Kier molecular flexibility index (Phi) is 5.19. The summed E-state index contributed by atoms with van der Waals surface area (Å²) in [5.74, 6) is 0.359. The molecule has 2 aliphatic rings. The lowest BCUT2D eigenvalue weighted by Crippen LogP contribution is -2.43. The van der Waals surface area contributed by atoms with Crippen molar-refractivity contribution in [1.82, 2.24) is 0 Å². The number of hydrogen-bond acceptors (Lipinski definition) is 3. The molecule has 18 heavy (non-hydrogen) atoms. The summed E-state index contributed by atoms with van der Waals surface area (Å²) < 4.78 is 5.57. The predicted octanol–water partition coefficient (Wildman–Crippen LogP) is 2.96. The summed E-state index contributed by atoms with van der Waals surface area (Å²) in [4.78, 5) is 12.0. The Balaban J connectivity index is 1.61. The zero-order valence-electron chi connectivity index (χ0n) is 11.5. The first kappa shape index (κ1) is 14.0. The van der Waals surface area contributed by atoms with E-state index in [-0.39, 0.29) is 5.54 Å². The minimum atomic E-state index is -0.181. The summed E-state index contributed by atoms with van der Waals surface area (Å²) in [5.41, 5.74) is 6.13. The number of Topliss-reactive ketones (excluding diaryl/α,β-unsaturated/α-hetero) is 1. The van der Waals surface area contributed by atoms with Crippen molar-refractivity contribution in [3.8, 4) is 0 Å². The number of carbonyl (C=O) groups excluding carboxylic acids is 1. The fourth-order valence-corrected chi connectivity index (χ4v) is 3.31. The molecule has 0 spiro atoms. The molecule has 1 aliphatic carbocycles. The molecule has 0 amide bonds. The number of nitrogens with two attached hydrogens (primary N) is 1. The van der Waals surface area contributed by atoms with Crippen LogP contribution in [0, 0.1) is 0 Å². The van der Waals surface area contributed by atoms with E-state index >= 15 is 0 Å². The van der Waals surface area contributed by atoms with Crippen molar-refractivity contribution in [2.75, 3.05) is 6.61 Å². The SMILES string of the molecule is NC1(CC(=O)CCCC2CCCO2)CCCCC1. The van der Waals surface area contributed by atoms with Gasteiger partial charge in [0, 0.05) is 25.0 Å². The van der Waals surface area contributed by atoms with Gasteiger partial charge < -0.3 is 10.5 Å². The number of carbonyl (C=O) groups is 1. The highest BCUT2D eigenvalue weighted by Crippen LogP contribution is 2.29. The highest BCUT2D eigenvalue weighted by Gasteiger charge is 2.29. The number of ketones is 1. The van der Waals surface area contributed by atoms with Gasteiger partial charge in [0.15, 0.2) is 0 Å².